The summed E-state index contributed by atoms with van der Waals surface area (Å²) in [7, 11) is 0. The van der Waals surface area contributed by atoms with E-state index in [9.17, 15) is 14.4 Å². The number of esters is 1. The van der Waals surface area contributed by atoms with E-state index in [2.05, 4.69) is 26.6 Å². The normalized spacial score (nSPS) is 15.5. The number of benzene rings is 2. The molecule has 0 spiro atoms. The standard InChI is InChI=1S/C20H19BrN2O4/c1-2-9-27-20(26)15-10-12(21)7-8-17(15)23-19(25)14-11-18(24)22-16-6-4-3-5-13(14)16/h3-8,10,14H,2,9,11H2,1H3,(H,22,24)(H,23,25). The topological polar surface area (TPSA) is 84.5 Å². The van der Waals surface area contributed by atoms with E-state index in [0.29, 0.717) is 28.9 Å². The highest BCUT2D eigenvalue weighted by atomic mass is 79.9. The van der Waals surface area contributed by atoms with E-state index in [1.165, 1.54) is 0 Å². The average molecular weight is 431 g/mol. The molecule has 1 aliphatic heterocycles. The first-order chi connectivity index (χ1) is 13.0. The van der Waals surface area contributed by atoms with Gasteiger partial charge in [0.15, 0.2) is 0 Å². The van der Waals surface area contributed by atoms with Crippen LogP contribution in [0, 0.1) is 0 Å². The summed E-state index contributed by atoms with van der Waals surface area (Å²) in [6.45, 7) is 2.21. The maximum Gasteiger partial charge on any atom is 0.340 e. The number of nitrogens with one attached hydrogen (secondary N) is 2. The van der Waals surface area contributed by atoms with E-state index in [4.69, 9.17) is 4.74 Å². The van der Waals surface area contributed by atoms with Crippen molar-refractivity contribution in [3.63, 3.8) is 0 Å². The van der Waals surface area contributed by atoms with Crippen molar-refractivity contribution in [3.8, 4) is 0 Å². The molecule has 2 aromatic carbocycles. The maximum absolute atomic E-state index is 12.9. The number of anilines is 2. The lowest BCUT2D eigenvalue weighted by atomic mass is 9.89. The summed E-state index contributed by atoms with van der Waals surface area (Å²) in [4.78, 5) is 37.2. The summed E-state index contributed by atoms with van der Waals surface area (Å²) in [6, 6.07) is 12.2. The molecule has 0 saturated heterocycles. The van der Waals surface area contributed by atoms with Gasteiger partial charge in [-0.05, 0) is 36.2 Å². The minimum atomic E-state index is -0.627. The van der Waals surface area contributed by atoms with Crippen LogP contribution in [0.2, 0.25) is 0 Å². The third-order valence-electron chi connectivity index (χ3n) is 4.21. The fraction of sp³-hybridized carbons (Fsp3) is 0.250. The van der Waals surface area contributed by atoms with Crippen molar-refractivity contribution in [3.05, 3.63) is 58.1 Å². The number of halogens is 1. The van der Waals surface area contributed by atoms with Crippen LogP contribution in [0.15, 0.2) is 46.9 Å². The molecule has 1 unspecified atom stereocenters. The summed E-state index contributed by atoms with van der Waals surface area (Å²) < 4.78 is 5.90. The van der Waals surface area contributed by atoms with Crippen LogP contribution in [0.5, 0.6) is 0 Å². The highest BCUT2D eigenvalue weighted by Crippen LogP contribution is 2.33. The van der Waals surface area contributed by atoms with Crippen LogP contribution in [-0.2, 0) is 14.3 Å². The second kappa shape index (κ2) is 8.35. The fourth-order valence-corrected chi connectivity index (χ4v) is 3.29. The molecular weight excluding hydrogens is 412 g/mol. The molecule has 27 heavy (non-hydrogen) atoms. The molecule has 6 nitrogen and oxygen atoms in total. The van der Waals surface area contributed by atoms with Gasteiger partial charge in [0.2, 0.25) is 11.8 Å². The van der Waals surface area contributed by atoms with Crippen molar-refractivity contribution in [1.29, 1.82) is 0 Å². The lowest BCUT2D eigenvalue weighted by molar-refractivity contribution is -0.123. The van der Waals surface area contributed by atoms with E-state index in [1.54, 1.807) is 30.3 Å². The zero-order valence-electron chi connectivity index (χ0n) is 14.8. The maximum atomic E-state index is 12.9. The second-order valence-corrected chi connectivity index (χ2v) is 7.12. The number of carbonyl (C=O) groups excluding carboxylic acids is 3. The SMILES string of the molecule is CCCOC(=O)c1cc(Br)ccc1NC(=O)C1CC(=O)Nc2ccccc21. The first-order valence-corrected chi connectivity index (χ1v) is 9.45. The molecule has 0 radical (unpaired) electrons. The number of fused-ring (bicyclic) bond motifs is 1. The van der Waals surface area contributed by atoms with Crippen LogP contribution < -0.4 is 10.6 Å². The van der Waals surface area contributed by atoms with Crippen LogP contribution in [-0.4, -0.2) is 24.4 Å². The summed E-state index contributed by atoms with van der Waals surface area (Å²) in [5.41, 5.74) is 2.00. The Balaban J connectivity index is 1.86. The van der Waals surface area contributed by atoms with Crippen molar-refractivity contribution < 1.29 is 19.1 Å². The second-order valence-electron chi connectivity index (χ2n) is 6.21. The smallest absolute Gasteiger partial charge is 0.340 e. The zero-order valence-corrected chi connectivity index (χ0v) is 16.3. The van der Waals surface area contributed by atoms with E-state index in [0.717, 1.165) is 5.56 Å². The van der Waals surface area contributed by atoms with Gasteiger partial charge in [-0.25, -0.2) is 4.79 Å². The van der Waals surface area contributed by atoms with Crippen molar-refractivity contribution in [1.82, 2.24) is 0 Å². The van der Waals surface area contributed by atoms with Crippen LogP contribution in [0.3, 0.4) is 0 Å². The molecule has 2 N–H and O–H groups in total. The van der Waals surface area contributed by atoms with Gasteiger partial charge in [-0.1, -0.05) is 41.1 Å². The van der Waals surface area contributed by atoms with Crippen molar-refractivity contribution in [2.24, 2.45) is 0 Å². The van der Waals surface area contributed by atoms with Gasteiger partial charge in [-0.3, -0.25) is 9.59 Å². The molecule has 3 rings (SSSR count). The number of hydrogen-bond acceptors (Lipinski definition) is 4. The Morgan fingerprint density at radius 3 is 2.81 bits per heavy atom. The Bertz CT molecular complexity index is 897. The van der Waals surface area contributed by atoms with Gasteiger partial charge in [0.25, 0.3) is 0 Å². The molecular formula is C20H19BrN2O4. The minimum Gasteiger partial charge on any atom is -0.462 e. The van der Waals surface area contributed by atoms with Crippen molar-refractivity contribution in [2.45, 2.75) is 25.7 Å². The molecule has 7 heteroatoms. The molecule has 1 heterocycles. The summed E-state index contributed by atoms with van der Waals surface area (Å²) in [5, 5.41) is 5.56. The number of ether oxygens (including phenoxy) is 1. The van der Waals surface area contributed by atoms with Gasteiger partial charge in [-0.2, -0.15) is 0 Å². The monoisotopic (exact) mass is 430 g/mol. The van der Waals surface area contributed by atoms with E-state index in [-0.39, 0.29) is 23.8 Å². The first kappa shape index (κ1) is 19.1. The van der Waals surface area contributed by atoms with Crippen LogP contribution in [0.25, 0.3) is 0 Å². The van der Waals surface area contributed by atoms with Gasteiger partial charge in [0, 0.05) is 16.6 Å². The summed E-state index contributed by atoms with van der Waals surface area (Å²) >= 11 is 3.33. The summed E-state index contributed by atoms with van der Waals surface area (Å²) in [5.74, 6) is -1.69. The molecule has 1 atom stereocenters. The predicted molar refractivity (Wildman–Crippen MR) is 106 cm³/mol. The number of carbonyl (C=O) groups is 3. The molecule has 0 aliphatic carbocycles. The van der Waals surface area contributed by atoms with Crippen molar-refractivity contribution >= 4 is 45.1 Å². The van der Waals surface area contributed by atoms with Gasteiger partial charge in [0.05, 0.1) is 23.8 Å². The lowest BCUT2D eigenvalue weighted by Gasteiger charge is -2.25. The average Bonchev–Trinajstić information content (AvgIpc) is 2.66. The van der Waals surface area contributed by atoms with E-state index >= 15 is 0 Å². The van der Waals surface area contributed by atoms with Gasteiger partial charge in [-0.15, -0.1) is 0 Å². The molecule has 2 amide bonds. The molecule has 0 bridgehead atoms. The van der Waals surface area contributed by atoms with Gasteiger partial charge >= 0.3 is 5.97 Å². The van der Waals surface area contributed by atoms with E-state index in [1.807, 2.05) is 19.1 Å². The first-order valence-electron chi connectivity index (χ1n) is 8.66. The summed E-state index contributed by atoms with van der Waals surface area (Å²) in [6.07, 6.45) is 0.754. The largest absolute Gasteiger partial charge is 0.462 e. The van der Waals surface area contributed by atoms with Gasteiger partial charge < -0.3 is 15.4 Å². The number of amides is 2. The van der Waals surface area contributed by atoms with Crippen LogP contribution in [0.1, 0.15) is 41.6 Å². The van der Waals surface area contributed by atoms with E-state index < -0.39 is 11.9 Å². The Morgan fingerprint density at radius 1 is 1.26 bits per heavy atom. The Kier molecular flexibility index (Phi) is 5.91. The quantitative estimate of drug-likeness (QED) is 0.699. The molecule has 0 saturated carbocycles. The third-order valence-corrected chi connectivity index (χ3v) is 4.71. The number of rotatable bonds is 5. The van der Waals surface area contributed by atoms with Crippen LogP contribution in [0.4, 0.5) is 11.4 Å². The number of hydrogen-bond donors (Lipinski definition) is 2. The zero-order chi connectivity index (χ0) is 19.4. The Morgan fingerprint density at radius 2 is 2.04 bits per heavy atom. The van der Waals surface area contributed by atoms with Crippen molar-refractivity contribution in [2.75, 3.05) is 17.2 Å². The van der Waals surface area contributed by atoms with Gasteiger partial charge in [0.1, 0.15) is 0 Å². The Labute approximate surface area is 165 Å². The highest BCUT2D eigenvalue weighted by molar-refractivity contribution is 9.10. The highest BCUT2D eigenvalue weighted by Gasteiger charge is 2.31. The minimum absolute atomic E-state index is 0.0506. The molecule has 0 fully saturated rings. The molecule has 1 aliphatic rings. The number of para-hydroxylation sites is 1. The lowest BCUT2D eigenvalue weighted by Crippen LogP contribution is -2.31. The van der Waals surface area contributed by atoms with Crippen LogP contribution >= 0.6 is 15.9 Å². The third kappa shape index (κ3) is 4.36. The molecule has 2 aromatic rings. The Hall–Kier alpha value is -2.67. The molecule has 140 valence electrons. The fourth-order valence-electron chi connectivity index (χ4n) is 2.93. The predicted octanol–water partition coefficient (Wildman–Crippen LogP) is 4.08. The molecule has 0 aromatic heterocycles.